The zero-order valence-corrected chi connectivity index (χ0v) is 13.2. The van der Waals surface area contributed by atoms with Gasteiger partial charge in [-0.3, -0.25) is 9.69 Å². The summed E-state index contributed by atoms with van der Waals surface area (Å²) < 4.78 is 12.8. The van der Waals surface area contributed by atoms with Crippen molar-refractivity contribution in [1.29, 1.82) is 0 Å². The molecule has 0 spiro atoms. The molecular formula is C17H25FN2O2. The second-order valence-electron chi connectivity index (χ2n) is 5.80. The van der Waals surface area contributed by atoms with Gasteiger partial charge in [0.15, 0.2) is 5.78 Å². The molecule has 0 radical (unpaired) electrons. The summed E-state index contributed by atoms with van der Waals surface area (Å²) >= 11 is 0. The van der Waals surface area contributed by atoms with Gasteiger partial charge in [0.2, 0.25) is 0 Å². The van der Waals surface area contributed by atoms with E-state index in [1.165, 1.54) is 12.1 Å². The van der Waals surface area contributed by atoms with E-state index in [1.807, 2.05) is 0 Å². The molecule has 122 valence electrons. The number of aliphatic hydroxyl groups excluding tert-OH is 1. The SMILES string of the molecule is CCC(CO)N1CCN(CCC(=O)c2ccc(F)cc2)CC1. The number of halogens is 1. The molecule has 0 aliphatic carbocycles. The van der Waals surface area contributed by atoms with E-state index in [1.54, 1.807) is 12.1 Å². The maximum absolute atomic E-state index is 12.8. The molecule has 2 rings (SSSR count). The fourth-order valence-electron chi connectivity index (χ4n) is 2.89. The van der Waals surface area contributed by atoms with Gasteiger partial charge in [0.05, 0.1) is 6.61 Å². The second-order valence-corrected chi connectivity index (χ2v) is 5.80. The highest BCUT2D eigenvalue weighted by Crippen LogP contribution is 2.11. The van der Waals surface area contributed by atoms with E-state index < -0.39 is 0 Å². The van der Waals surface area contributed by atoms with E-state index in [4.69, 9.17) is 0 Å². The fraction of sp³-hybridized carbons (Fsp3) is 0.588. The van der Waals surface area contributed by atoms with Crippen molar-refractivity contribution in [3.8, 4) is 0 Å². The van der Waals surface area contributed by atoms with E-state index in [0.717, 1.165) is 39.1 Å². The van der Waals surface area contributed by atoms with Crippen molar-refractivity contribution >= 4 is 5.78 Å². The molecule has 1 atom stereocenters. The van der Waals surface area contributed by atoms with Crippen LogP contribution in [-0.2, 0) is 0 Å². The number of ketones is 1. The lowest BCUT2D eigenvalue weighted by Gasteiger charge is -2.38. The van der Waals surface area contributed by atoms with Crippen LogP contribution in [0.25, 0.3) is 0 Å². The van der Waals surface area contributed by atoms with Crippen LogP contribution in [0.15, 0.2) is 24.3 Å². The first kappa shape index (κ1) is 17.1. The van der Waals surface area contributed by atoms with Gasteiger partial charge in [0, 0.05) is 50.7 Å². The lowest BCUT2D eigenvalue weighted by atomic mass is 10.1. The van der Waals surface area contributed by atoms with Gasteiger partial charge in [-0.2, -0.15) is 0 Å². The van der Waals surface area contributed by atoms with Crippen LogP contribution in [0.5, 0.6) is 0 Å². The molecule has 1 unspecified atom stereocenters. The highest BCUT2D eigenvalue weighted by molar-refractivity contribution is 5.96. The average Bonchev–Trinajstić information content (AvgIpc) is 2.55. The minimum atomic E-state index is -0.318. The fourth-order valence-corrected chi connectivity index (χ4v) is 2.89. The monoisotopic (exact) mass is 308 g/mol. The number of carbonyl (C=O) groups is 1. The van der Waals surface area contributed by atoms with E-state index in [0.29, 0.717) is 12.0 Å². The average molecular weight is 308 g/mol. The van der Waals surface area contributed by atoms with Gasteiger partial charge >= 0.3 is 0 Å². The molecule has 1 saturated heterocycles. The summed E-state index contributed by atoms with van der Waals surface area (Å²) in [6.07, 6.45) is 1.42. The Bertz CT molecular complexity index is 466. The van der Waals surface area contributed by atoms with Gasteiger partial charge in [0.1, 0.15) is 5.82 Å². The Morgan fingerprint density at radius 3 is 2.41 bits per heavy atom. The topological polar surface area (TPSA) is 43.8 Å². The molecule has 1 fully saturated rings. The van der Waals surface area contributed by atoms with Crippen molar-refractivity contribution in [1.82, 2.24) is 9.80 Å². The third kappa shape index (κ3) is 4.60. The van der Waals surface area contributed by atoms with Crippen molar-refractivity contribution in [2.75, 3.05) is 39.3 Å². The first-order chi connectivity index (χ1) is 10.6. The lowest BCUT2D eigenvalue weighted by molar-refractivity contribution is 0.0618. The summed E-state index contributed by atoms with van der Waals surface area (Å²) in [5, 5.41) is 9.34. The van der Waals surface area contributed by atoms with Gasteiger partial charge in [-0.15, -0.1) is 0 Å². The summed E-state index contributed by atoms with van der Waals surface area (Å²) in [6.45, 7) is 6.75. The molecule has 1 aromatic rings. The van der Waals surface area contributed by atoms with Crippen LogP contribution in [0.1, 0.15) is 30.1 Å². The molecule has 4 nitrogen and oxygen atoms in total. The number of hydrogen-bond acceptors (Lipinski definition) is 4. The molecule has 1 aliphatic rings. The number of benzene rings is 1. The summed E-state index contributed by atoms with van der Waals surface area (Å²) in [5.74, 6) is -0.258. The zero-order chi connectivity index (χ0) is 15.9. The molecule has 1 aromatic carbocycles. The van der Waals surface area contributed by atoms with Crippen molar-refractivity contribution in [2.24, 2.45) is 0 Å². The van der Waals surface area contributed by atoms with Crippen LogP contribution < -0.4 is 0 Å². The Kier molecular flexibility index (Phi) is 6.49. The normalized spacial score (nSPS) is 18.3. The third-order valence-electron chi connectivity index (χ3n) is 4.43. The van der Waals surface area contributed by atoms with Crippen LogP contribution in [0, 0.1) is 5.82 Å². The summed E-state index contributed by atoms with van der Waals surface area (Å²) in [5.41, 5.74) is 0.575. The van der Waals surface area contributed by atoms with Crippen molar-refractivity contribution in [2.45, 2.75) is 25.8 Å². The highest BCUT2D eigenvalue weighted by Gasteiger charge is 2.22. The standard InChI is InChI=1S/C17H25FN2O2/c1-2-16(13-21)20-11-9-19(10-12-20)8-7-17(22)14-3-5-15(18)6-4-14/h3-6,16,21H,2,7-13H2,1H3. The maximum Gasteiger partial charge on any atom is 0.164 e. The van der Waals surface area contributed by atoms with Crippen LogP contribution in [0.2, 0.25) is 0 Å². The molecule has 1 aliphatic heterocycles. The Balaban J connectivity index is 1.74. The van der Waals surface area contributed by atoms with Gasteiger partial charge in [-0.1, -0.05) is 6.92 Å². The highest BCUT2D eigenvalue weighted by atomic mass is 19.1. The summed E-state index contributed by atoms with van der Waals surface area (Å²) in [4.78, 5) is 16.7. The maximum atomic E-state index is 12.8. The van der Waals surface area contributed by atoms with Gasteiger partial charge in [-0.05, 0) is 30.7 Å². The van der Waals surface area contributed by atoms with Crippen LogP contribution >= 0.6 is 0 Å². The van der Waals surface area contributed by atoms with Gasteiger partial charge < -0.3 is 10.0 Å². The molecule has 0 amide bonds. The molecule has 1 heterocycles. The predicted molar refractivity (Wildman–Crippen MR) is 84.5 cm³/mol. The molecule has 22 heavy (non-hydrogen) atoms. The van der Waals surface area contributed by atoms with Gasteiger partial charge in [-0.25, -0.2) is 4.39 Å². The predicted octanol–water partition coefficient (Wildman–Crippen LogP) is 1.79. The quantitative estimate of drug-likeness (QED) is 0.780. The van der Waals surface area contributed by atoms with Crippen molar-refractivity contribution in [3.05, 3.63) is 35.6 Å². The molecule has 1 N–H and O–H groups in total. The van der Waals surface area contributed by atoms with Crippen molar-refractivity contribution < 1.29 is 14.3 Å². The summed E-state index contributed by atoms with van der Waals surface area (Å²) in [7, 11) is 0. The first-order valence-corrected chi connectivity index (χ1v) is 8.00. The first-order valence-electron chi connectivity index (χ1n) is 8.00. The number of aliphatic hydroxyl groups is 1. The van der Waals surface area contributed by atoms with E-state index in [2.05, 4.69) is 16.7 Å². The Hall–Kier alpha value is -1.30. The molecule has 0 aromatic heterocycles. The molecular weight excluding hydrogens is 283 g/mol. The second kappa shape index (κ2) is 8.36. The third-order valence-corrected chi connectivity index (χ3v) is 4.43. The number of rotatable bonds is 7. The van der Waals surface area contributed by atoms with Crippen molar-refractivity contribution in [3.63, 3.8) is 0 Å². The molecule has 0 bridgehead atoms. The van der Waals surface area contributed by atoms with E-state index in [-0.39, 0.29) is 24.2 Å². The van der Waals surface area contributed by atoms with Gasteiger partial charge in [0.25, 0.3) is 0 Å². The Morgan fingerprint density at radius 2 is 1.86 bits per heavy atom. The minimum Gasteiger partial charge on any atom is -0.395 e. The molecule has 5 heteroatoms. The Labute approximate surface area is 131 Å². The summed E-state index contributed by atoms with van der Waals surface area (Å²) in [6, 6.07) is 5.99. The van der Waals surface area contributed by atoms with Crippen LogP contribution in [-0.4, -0.2) is 66.1 Å². The van der Waals surface area contributed by atoms with E-state index >= 15 is 0 Å². The van der Waals surface area contributed by atoms with E-state index in [9.17, 15) is 14.3 Å². The number of hydrogen-bond donors (Lipinski definition) is 1. The number of nitrogens with zero attached hydrogens (tertiary/aromatic N) is 2. The number of Topliss-reactive ketones (excluding diaryl/α,β-unsaturated/α-hetero) is 1. The largest absolute Gasteiger partial charge is 0.395 e. The Morgan fingerprint density at radius 1 is 1.23 bits per heavy atom. The molecule has 0 saturated carbocycles. The number of piperazine rings is 1. The smallest absolute Gasteiger partial charge is 0.164 e. The van der Waals surface area contributed by atoms with Crippen LogP contribution in [0.4, 0.5) is 4.39 Å². The van der Waals surface area contributed by atoms with Crippen LogP contribution in [0.3, 0.4) is 0 Å². The number of carbonyl (C=O) groups excluding carboxylic acids is 1. The lowest BCUT2D eigenvalue weighted by Crippen LogP contribution is -2.51. The minimum absolute atomic E-state index is 0.0595. The zero-order valence-electron chi connectivity index (χ0n) is 13.2.